The number of esters is 1. The van der Waals surface area contributed by atoms with E-state index in [4.69, 9.17) is 4.74 Å². The Morgan fingerprint density at radius 2 is 1.57 bits per heavy atom. The first-order valence-corrected chi connectivity index (χ1v) is 8.13. The summed E-state index contributed by atoms with van der Waals surface area (Å²) >= 11 is 0. The molecule has 1 unspecified atom stereocenters. The minimum atomic E-state index is -0.318. The average molecular weight is 308 g/mol. The van der Waals surface area contributed by atoms with E-state index in [0.717, 1.165) is 11.1 Å². The molecular formula is C21H24O2. The molecule has 0 N–H and O–H groups in total. The second-order valence-electron chi connectivity index (χ2n) is 7.89. The molecule has 23 heavy (non-hydrogen) atoms. The molecule has 0 spiro atoms. The second kappa shape index (κ2) is 5.23. The van der Waals surface area contributed by atoms with Gasteiger partial charge in [0.15, 0.2) is 0 Å². The van der Waals surface area contributed by atoms with E-state index in [9.17, 15) is 4.79 Å². The number of fused-ring (bicyclic) bond motifs is 1. The molecule has 2 aromatic rings. The molecule has 0 aliphatic carbocycles. The molecule has 0 fully saturated rings. The fourth-order valence-electron chi connectivity index (χ4n) is 2.94. The first-order valence-electron chi connectivity index (χ1n) is 8.13. The number of benzene rings is 2. The van der Waals surface area contributed by atoms with Gasteiger partial charge in [-0.15, -0.1) is 0 Å². The lowest BCUT2D eigenvalue weighted by atomic mass is 9.65. The van der Waals surface area contributed by atoms with Gasteiger partial charge in [-0.1, -0.05) is 77.1 Å². The van der Waals surface area contributed by atoms with Gasteiger partial charge in [-0.3, -0.25) is 4.79 Å². The van der Waals surface area contributed by atoms with Gasteiger partial charge in [0.25, 0.3) is 0 Å². The molecule has 1 atom stereocenters. The molecule has 1 aliphatic heterocycles. The number of ether oxygens (including phenoxy) is 1. The Labute approximate surface area is 138 Å². The monoisotopic (exact) mass is 308 g/mol. The van der Waals surface area contributed by atoms with E-state index in [1.165, 1.54) is 5.56 Å². The summed E-state index contributed by atoms with van der Waals surface area (Å²) in [5.41, 5.74) is 3.32. The van der Waals surface area contributed by atoms with Crippen LogP contribution in [0.5, 0.6) is 5.75 Å². The summed E-state index contributed by atoms with van der Waals surface area (Å²) in [7, 11) is 0. The van der Waals surface area contributed by atoms with Gasteiger partial charge in [-0.05, 0) is 28.0 Å². The maximum Gasteiger partial charge on any atom is 0.323 e. The Morgan fingerprint density at radius 1 is 0.913 bits per heavy atom. The number of rotatable bonds is 2. The van der Waals surface area contributed by atoms with Gasteiger partial charge >= 0.3 is 5.97 Å². The topological polar surface area (TPSA) is 26.3 Å². The van der Waals surface area contributed by atoms with Crippen LogP contribution in [0.4, 0.5) is 0 Å². The van der Waals surface area contributed by atoms with Crippen LogP contribution in [-0.4, -0.2) is 5.97 Å². The van der Waals surface area contributed by atoms with Crippen LogP contribution >= 0.6 is 0 Å². The number of carbonyl (C=O) groups excluding carboxylic acids is 1. The summed E-state index contributed by atoms with van der Waals surface area (Å²) in [6.45, 7) is 11.2. The van der Waals surface area contributed by atoms with Crippen molar-refractivity contribution < 1.29 is 9.53 Å². The van der Waals surface area contributed by atoms with Crippen molar-refractivity contribution in [3.8, 4) is 5.75 Å². The van der Waals surface area contributed by atoms with Gasteiger partial charge in [-0.2, -0.15) is 0 Å². The standard InChI is InChI=1S/C21H24O2/c1-20(2,3)21(4,5)15-11-12-17-16(13-15)18(19(22)23-17)14-9-7-6-8-10-14/h6-13,18H,1-5H3. The van der Waals surface area contributed by atoms with Gasteiger partial charge in [-0.25, -0.2) is 0 Å². The van der Waals surface area contributed by atoms with Gasteiger partial charge in [0.05, 0.1) is 0 Å². The minimum Gasteiger partial charge on any atom is -0.425 e. The van der Waals surface area contributed by atoms with E-state index in [1.54, 1.807) is 0 Å². The summed E-state index contributed by atoms with van der Waals surface area (Å²) in [5, 5.41) is 0. The lowest BCUT2D eigenvalue weighted by Gasteiger charge is -2.39. The lowest BCUT2D eigenvalue weighted by Crippen LogP contribution is -2.34. The van der Waals surface area contributed by atoms with Crippen LogP contribution in [0, 0.1) is 5.41 Å². The van der Waals surface area contributed by atoms with Crippen molar-refractivity contribution in [2.45, 2.75) is 46.0 Å². The SMILES string of the molecule is CC(C)(C)C(C)(C)c1ccc2c(c1)C(c1ccccc1)C(=O)O2. The molecule has 0 saturated heterocycles. The third-order valence-electron chi connectivity index (χ3n) is 5.50. The zero-order chi connectivity index (χ0) is 16.8. The lowest BCUT2D eigenvalue weighted by molar-refractivity contribution is -0.133. The zero-order valence-electron chi connectivity index (χ0n) is 14.5. The summed E-state index contributed by atoms with van der Waals surface area (Å²) < 4.78 is 5.49. The van der Waals surface area contributed by atoms with Crippen molar-refractivity contribution in [3.05, 3.63) is 65.2 Å². The highest BCUT2D eigenvalue weighted by atomic mass is 16.5. The Bertz CT molecular complexity index is 736. The van der Waals surface area contributed by atoms with Crippen molar-refractivity contribution in [1.82, 2.24) is 0 Å². The molecule has 0 saturated carbocycles. The molecule has 0 amide bonds. The molecule has 120 valence electrons. The zero-order valence-corrected chi connectivity index (χ0v) is 14.5. The third kappa shape index (κ3) is 2.56. The third-order valence-corrected chi connectivity index (χ3v) is 5.50. The van der Waals surface area contributed by atoms with Crippen molar-refractivity contribution in [2.75, 3.05) is 0 Å². The summed E-state index contributed by atoms with van der Waals surface area (Å²) in [6.07, 6.45) is 0. The molecule has 0 aromatic heterocycles. The fourth-order valence-corrected chi connectivity index (χ4v) is 2.94. The quantitative estimate of drug-likeness (QED) is 0.572. The first kappa shape index (κ1) is 15.8. The van der Waals surface area contributed by atoms with E-state index in [-0.39, 0.29) is 22.7 Å². The van der Waals surface area contributed by atoms with Crippen LogP contribution in [-0.2, 0) is 10.2 Å². The maximum atomic E-state index is 12.4. The van der Waals surface area contributed by atoms with Gasteiger partial charge in [0, 0.05) is 5.56 Å². The van der Waals surface area contributed by atoms with E-state index in [0.29, 0.717) is 5.75 Å². The fraction of sp³-hybridized carbons (Fsp3) is 0.381. The Morgan fingerprint density at radius 3 is 2.17 bits per heavy atom. The smallest absolute Gasteiger partial charge is 0.323 e. The second-order valence-corrected chi connectivity index (χ2v) is 7.89. The van der Waals surface area contributed by atoms with E-state index >= 15 is 0 Å². The predicted octanol–water partition coefficient (Wildman–Crippen LogP) is 5.06. The average Bonchev–Trinajstić information content (AvgIpc) is 2.81. The molecule has 2 aromatic carbocycles. The van der Waals surface area contributed by atoms with Gasteiger partial charge in [0.1, 0.15) is 11.7 Å². The molecule has 1 aliphatic rings. The molecule has 1 heterocycles. The normalized spacial score (nSPS) is 17.8. The van der Waals surface area contributed by atoms with Crippen molar-refractivity contribution >= 4 is 5.97 Å². The highest BCUT2D eigenvalue weighted by molar-refractivity contribution is 5.89. The van der Waals surface area contributed by atoms with Crippen LogP contribution in [0.3, 0.4) is 0 Å². The number of hydrogen-bond donors (Lipinski definition) is 0. The van der Waals surface area contributed by atoms with Crippen LogP contribution in [0.2, 0.25) is 0 Å². The summed E-state index contributed by atoms with van der Waals surface area (Å²) in [5.74, 6) is 0.191. The van der Waals surface area contributed by atoms with Crippen LogP contribution in [0.1, 0.15) is 57.2 Å². The van der Waals surface area contributed by atoms with E-state index in [1.807, 2.05) is 36.4 Å². The van der Waals surface area contributed by atoms with Crippen LogP contribution in [0.15, 0.2) is 48.5 Å². The Balaban J connectivity index is 2.10. The van der Waals surface area contributed by atoms with Gasteiger partial charge < -0.3 is 4.74 Å². The molecule has 3 rings (SSSR count). The largest absolute Gasteiger partial charge is 0.425 e. The highest BCUT2D eigenvalue weighted by Gasteiger charge is 2.38. The minimum absolute atomic E-state index is 0.00505. The molecular weight excluding hydrogens is 284 g/mol. The Kier molecular flexibility index (Phi) is 3.59. The molecule has 2 nitrogen and oxygen atoms in total. The molecule has 0 bridgehead atoms. The maximum absolute atomic E-state index is 12.4. The van der Waals surface area contributed by atoms with Crippen LogP contribution < -0.4 is 4.74 Å². The number of carbonyl (C=O) groups is 1. The molecule has 2 heteroatoms. The Hall–Kier alpha value is -2.09. The van der Waals surface area contributed by atoms with Crippen LogP contribution in [0.25, 0.3) is 0 Å². The van der Waals surface area contributed by atoms with E-state index in [2.05, 4.69) is 46.8 Å². The van der Waals surface area contributed by atoms with Crippen molar-refractivity contribution in [3.63, 3.8) is 0 Å². The van der Waals surface area contributed by atoms with Crippen molar-refractivity contribution in [1.29, 1.82) is 0 Å². The predicted molar refractivity (Wildman–Crippen MR) is 92.8 cm³/mol. The number of hydrogen-bond acceptors (Lipinski definition) is 2. The van der Waals surface area contributed by atoms with E-state index < -0.39 is 0 Å². The van der Waals surface area contributed by atoms with Gasteiger partial charge in [0.2, 0.25) is 0 Å². The molecule has 0 radical (unpaired) electrons. The summed E-state index contributed by atoms with van der Waals surface area (Å²) in [4.78, 5) is 12.4. The van der Waals surface area contributed by atoms with Crippen molar-refractivity contribution in [2.24, 2.45) is 5.41 Å². The first-order chi connectivity index (χ1) is 10.7. The summed E-state index contributed by atoms with van der Waals surface area (Å²) in [6, 6.07) is 16.1. The highest BCUT2D eigenvalue weighted by Crippen LogP contribution is 2.45.